The second-order valence-corrected chi connectivity index (χ2v) is 16.4. The Morgan fingerprint density at radius 3 is 1.20 bits per heavy atom. The number of benzene rings is 10. The third kappa shape index (κ3) is 6.95. The highest BCUT2D eigenvalue weighted by atomic mass is 15.0. The van der Waals surface area contributed by atoms with Crippen LogP contribution < -0.4 is 0 Å². The first-order chi connectivity index (χ1) is 32.2. The summed E-state index contributed by atoms with van der Waals surface area (Å²) in [6, 6.07) is 85.9. The van der Waals surface area contributed by atoms with E-state index in [1.54, 1.807) is 0 Å². The minimum absolute atomic E-state index is 0.623. The fourth-order valence-corrected chi connectivity index (χ4v) is 9.36. The summed E-state index contributed by atoms with van der Waals surface area (Å²) in [7, 11) is 0. The molecule has 4 nitrogen and oxygen atoms in total. The van der Waals surface area contributed by atoms with Crippen molar-refractivity contribution in [2.24, 2.45) is 0 Å². The molecule has 0 atom stereocenters. The topological polar surface area (TPSA) is 43.6 Å². The molecule has 0 saturated carbocycles. The highest BCUT2D eigenvalue weighted by Gasteiger charge is 2.19. The van der Waals surface area contributed by atoms with E-state index in [2.05, 4.69) is 235 Å². The van der Waals surface area contributed by atoms with Gasteiger partial charge in [-0.15, -0.1) is 0 Å². The van der Waals surface area contributed by atoms with E-state index in [-0.39, 0.29) is 0 Å². The van der Waals surface area contributed by atoms with E-state index in [9.17, 15) is 0 Å². The molecule has 0 aliphatic heterocycles. The summed E-state index contributed by atoms with van der Waals surface area (Å²) in [6.45, 7) is 0. The number of para-hydroxylation sites is 3. The zero-order chi connectivity index (χ0) is 43.1. The zero-order valence-electron chi connectivity index (χ0n) is 35.4. The number of nitrogens with zero attached hydrogens (tertiary/aromatic N) is 4. The molecule has 0 saturated heterocycles. The third-order valence-electron chi connectivity index (χ3n) is 12.5. The van der Waals surface area contributed by atoms with Gasteiger partial charge in [0.1, 0.15) is 0 Å². The zero-order valence-corrected chi connectivity index (χ0v) is 35.4. The van der Waals surface area contributed by atoms with Crippen LogP contribution in [-0.4, -0.2) is 19.5 Å². The molecule has 0 unspecified atom stereocenters. The molecular formula is C61H40N4. The van der Waals surface area contributed by atoms with E-state index in [0.29, 0.717) is 17.5 Å². The molecule has 0 spiro atoms. The normalized spacial score (nSPS) is 11.4. The van der Waals surface area contributed by atoms with E-state index in [1.807, 2.05) is 12.1 Å². The largest absolute Gasteiger partial charge is 0.309 e. The van der Waals surface area contributed by atoms with Crippen LogP contribution in [0.15, 0.2) is 243 Å². The molecule has 2 aromatic heterocycles. The number of hydrogen-bond donors (Lipinski definition) is 0. The van der Waals surface area contributed by atoms with Crippen LogP contribution in [0.4, 0.5) is 0 Å². The molecule has 0 aliphatic carbocycles. The van der Waals surface area contributed by atoms with Gasteiger partial charge in [-0.05, 0) is 86.1 Å². The summed E-state index contributed by atoms with van der Waals surface area (Å²) in [5, 5.41) is 4.71. The minimum atomic E-state index is 0.623. The van der Waals surface area contributed by atoms with Crippen LogP contribution in [0.3, 0.4) is 0 Å². The molecule has 0 fully saturated rings. The SMILES string of the molecule is c1ccc(-c2cccc(-c3nc(-c4cccc(-c5ccccc5)c4)nc(-c4ccc(-c5ccc(-c6ccccc6-n6c7ccccc7c7ccccc76)cc5)c5ccccc45)n3)c2)cc1. The van der Waals surface area contributed by atoms with E-state index in [4.69, 9.17) is 15.0 Å². The Kier molecular flexibility index (Phi) is 9.46. The second kappa shape index (κ2) is 16.2. The predicted molar refractivity (Wildman–Crippen MR) is 270 cm³/mol. The van der Waals surface area contributed by atoms with Crippen molar-refractivity contribution in [1.82, 2.24) is 19.5 Å². The maximum Gasteiger partial charge on any atom is 0.164 e. The highest BCUT2D eigenvalue weighted by Crippen LogP contribution is 2.39. The second-order valence-electron chi connectivity index (χ2n) is 16.4. The van der Waals surface area contributed by atoms with Crippen molar-refractivity contribution >= 4 is 32.6 Å². The van der Waals surface area contributed by atoms with Crippen molar-refractivity contribution in [2.45, 2.75) is 0 Å². The van der Waals surface area contributed by atoms with Gasteiger partial charge in [0.05, 0.1) is 16.7 Å². The summed E-state index contributed by atoms with van der Waals surface area (Å²) in [6.07, 6.45) is 0. The number of fused-ring (bicyclic) bond motifs is 4. The average Bonchev–Trinajstić information content (AvgIpc) is 3.73. The Balaban J connectivity index is 0.963. The molecular weight excluding hydrogens is 789 g/mol. The first-order valence-corrected chi connectivity index (χ1v) is 22.0. The van der Waals surface area contributed by atoms with Crippen LogP contribution >= 0.6 is 0 Å². The Morgan fingerprint density at radius 1 is 0.231 bits per heavy atom. The quantitative estimate of drug-likeness (QED) is 0.153. The van der Waals surface area contributed by atoms with Crippen LogP contribution in [0, 0.1) is 0 Å². The molecule has 0 amide bonds. The summed E-state index contributed by atoms with van der Waals surface area (Å²) in [5.74, 6) is 1.87. The first-order valence-electron chi connectivity index (χ1n) is 22.0. The Morgan fingerprint density at radius 2 is 0.631 bits per heavy atom. The maximum atomic E-state index is 5.26. The fourth-order valence-electron chi connectivity index (χ4n) is 9.36. The third-order valence-corrected chi connectivity index (χ3v) is 12.5. The van der Waals surface area contributed by atoms with Gasteiger partial charge in [0.15, 0.2) is 17.5 Å². The summed E-state index contributed by atoms with van der Waals surface area (Å²) in [5.41, 5.74) is 15.5. The maximum absolute atomic E-state index is 5.26. The van der Waals surface area contributed by atoms with E-state index >= 15 is 0 Å². The molecule has 12 aromatic rings. The van der Waals surface area contributed by atoms with Crippen LogP contribution in [0.1, 0.15) is 0 Å². The van der Waals surface area contributed by atoms with Crippen molar-refractivity contribution in [3.05, 3.63) is 243 Å². The average molecular weight is 829 g/mol. The first kappa shape index (κ1) is 38.0. The predicted octanol–water partition coefficient (Wildman–Crippen LogP) is 15.8. The molecule has 0 aliphatic rings. The Hall–Kier alpha value is -8.73. The molecule has 304 valence electrons. The summed E-state index contributed by atoms with van der Waals surface area (Å²) in [4.78, 5) is 15.7. The lowest BCUT2D eigenvalue weighted by Crippen LogP contribution is -2.01. The molecule has 10 aromatic carbocycles. The van der Waals surface area contributed by atoms with Crippen molar-refractivity contribution < 1.29 is 0 Å². The highest BCUT2D eigenvalue weighted by molar-refractivity contribution is 6.10. The lowest BCUT2D eigenvalue weighted by Gasteiger charge is -2.15. The molecule has 4 heteroatoms. The number of rotatable bonds is 8. The van der Waals surface area contributed by atoms with E-state index < -0.39 is 0 Å². The van der Waals surface area contributed by atoms with Crippen LogP contribution in [-0.2, 0) is 0 Å². The number of aromatic nitrogens is 4. The van der Waals surface area contributed by atoms with Crippen molar-refractivity contribution in [3.63, 3.8) is 0 Å². The van der Waals surface area contributed by atoms with Gasteiger partial charge in [-0.3, -0.25) is 0 Å². The van der Waals surface area contributed by atoms with Crippen molar-refractivity contribution in [1.29, 1.82) is 0 Å². The standard InChI is InChI=1S/C61H40N4/c1-3-17-41(18-4-1)45-21-15-23-47(39-45)59-62-60(48-24-16-22-46(40-48)42-19-5-2-6-20-42)64-61(63-59)55-38-37-49(51-26-7-8-27-52(51)55)43-33-35-44(36-34-43)50-25-9-12-30-56(50)65-57-31-13-10-28-53(57)54-29-11-14-32-58(54)65/h1-40H. The van der Waals surface area contributed by atoms with Gasteiger partial charge in [0.2, 0.25) is 0 Å². The van der Waals surface area contributed by atoms with Crippen molar-refractivity contribution in [3.8, 4) is 84.4 Å². The van der Waals surface area contributed by atoms with Gasteiger partial charge in [-0.1, -0.05) is 206 Å². The number of hydrogen-bond acceptors (Lipinski definition) is 3. The van der Waals surface area contributed by atoms with Gasteiger partial charge >= 0.3 is 0 Å². The molecule has 12 rings (SSSR count). The summed E-state index contributed by atoms with van der Waals surface area (Å²) >= 11 is 0. The smallest absolute Gasteiger partial charge is 0.164 e. The van der Waals surface area contributed by atoms with Gasteiger partial charge in [0, 0.05) is 33.0 Å². The lowest BCUT2D eigenvalue weighted by atomic mass is 9.93. The Bertz CT molecular complexity index is 3550. The molecule has 0 bridgehead atoms. The van der Waals surface area contributed by atoms with Crippen LogP contribution in [0.25, 0.3) is 117 Å². The minimum Gasteiger partial charge on any atom is -0.309 e. The molecule has 65 heavy (non-hydrogen) atoms. The van der Waals surface area contributed by atoms with Gasteiger partial charge in [-0.25, -0.2) is 15.0 Å². The van der Waals surface area contributed by atoms with E-state index in [0.717, 1.165) is 72.1 Å². The van der Waals surface area contributed by atoms with Crippen molar-refractivity contribution in [2.75, 3.05) is 0 Å². The van der Waals surface area contributed by atoms with Crippen LogP contribution in [0.5, 0.6) is 0 Å². The Labute approximate surface area is 377 Å². The molecule has 0 N–H and O–H groups in total. The van der Waals surface area contributed by atoms with E-state index in [1.165, 1.54) is 27.4 Å². The lowest BCUT2D eigenvalue weighted by molar-refractivity contribution is 1.08. The monoisotopic (exact) mass is 828 g/mol. The molecule has 0 radical (unpaired) electrons. The fraction of sp³-hybridized carbons (Fsp3) is 0. The van der Waals surface area contributed by atoms with Crippen LogP contribution in [0.2, 0.25) is 0 Å². The van der Waals surface area contributed by atoms with Gasteiger partial charge in [-0.2, -0.15) is 0 Å². The molecule has 2 heterocycles. The summed E-state index contributed by atoms with van der Waals surface area (Å²) < 4.78 is 2.40. The van der Waals surface area contributed by atoms with Gasteiger partial charge in [0.25, 0.3) is 0 Å². The van der Waals surface area contributed by atoms with Gasteiger partial charge < -0.3 is 4.57 Å².